The largest absolute Gasteiger partial charge is 0.475 e. The molecule has 0 amide bonds. The van der Waals surface area contributed by atoms with Gasteiger partial charge >= 0.3 is 0 Å². The number of anilines is 1. The van der Waals surface area contributed by atoms with Crippen molar-refractivity contribution in [2.24, 2.45) is 5.41 Å². The van der Waals surface area contributed by atoms with Gasteiger partial charge in [0.15, 0.2) is 0 Å². The second-order valence-electron chi connectivity index (χ2n) is 7.13. The molecule has 1 fully saturated rings. The van der Waals surface area contributed by atoms with Gasteiger partial charge in [-0.05, 0) is 44.9 Å². The summed E-state index contributed by atoms with van der Waals surface area (Å²) in [6.07, 6.45) is 5.47. The molecular weight excluding hydrogens is 266 g/mol. The molecule has 1 aromatic heterocycles. The van der Waals surface area contributed by atoms with E-state index >= 15 is 0 Å². The molecule has 1 aliphatic carbocycles. The number of hydrogen-bond acceptors (Lipinski definition) is 5. The fourth-order valence-corrected chi connectivity index (χ4v) is 2.55. The van der Waals surface area contributed by atoms with Gasteiger partial charge in [-0.1, -0.05) is 13.8 Å². The Morgan fingerprint density at radius 3 is 2.57 bits per heavy atom. The number of hydrogen-bond donors (Lipinski definition) is 2. The lowest BCUT2D eigenvalue weighted by atomic mass is 9.71. The monoisotopic (exact) mass is 293 g/mol. The lowest BCUT2D eigenvalue weighted by molar-refractivity contribution is -0.0146. The summed E-state index contributed by atoms with van der Waals surface area (Å²) in [7, 11) is 0. The van der Waals surface area contributed by atoms with Crippen molar-refractivity contribution in [3.63, 3.8) is 0 Å². The van der Waals surface area contributed by atoms with Crippen molar-refractivity contribution in [1.29, 1.82) is 0 Å². The van der Waals surface area contributed by atoms with Gasteiger partial charge in [-0.15, -0.1) is 0 Å². The summed E-state index contributed by atoms with van der Waals surface area (Å²) >= 11 is 0. The average molecular weight is 293 g/mol. The van der Waals surface area contributed by atoms with Crippen molar-refractivity contribution in [2.45, 2.75) is 65.1 Å². The molecule has 5 nitrogen and oxygen atoms in total. The smallest absolute Gasteiger partial charge is 0.226 e. The first-order valence-corrected chi connectivity index (χ1v) is 7.74. The Bertz CT molecular complexity index is 464. The predicted molar refractivity (Wildman–Crippen MR) is 83.5 cm³/mol. The highest BCUT2D eigenvalue weighted by molar-refractivity contribution is 5.28. The Balaban J connectivity index is 1.91. The van der Waals surface area contributed by atoms with Crippen LogP contribution in [0, 0.1) is 5.41 Å². The van der Waals surface area contributed by atoms with E-state index in [-0.39, 0.29) is 6.10 Å². The second kappa shape index (κ2) is 6.18. The Morgan fingerprint density at radius 2 is 1.95 bits per heavy atom. The van der Waals surface area contributed by atoms with Crippen LogP contribution >= 0.6 is 0 Å². The molecule has 21 heavy (non-hydrogen) atoms. The van der Waals surface area contributed by atoms with Gasteiger partial charge in [0.25, 0.3) is 0 Å². The summed E-state index contributed by atoms with van der Waals surface area (Å²) < 4.78 is 5.55. The predicted octanol–water partition coefficient (Wildman–Crippen LogP) is 3.01. The first kappa shape index (κ1) is 16.0. The molecule has 0 bridgehead atoms. The van der Waals surface area contributed by atoms with Gasteiger partial charge in [0.1, 0.15) is 0 Å². The number of nitrogens with one attached hydrogen (secondary N) is 1. The van der Waals surface area contributed by atoms with Gasteiger partial charge in [0, 0.05) is 18.8 Å². The van der Waals surface area contributed by atoms with E-state index in [1.807, 2.05) is 13.8 Å². The van der Waals surface area contributed by atoms with Gasteiger partial charge in [-0.25, -0.2) is 4.98 Å². The summed E-state index contributed by atoms with van der Waals surface area (Å²) in [6, 6.07) is 1.74. The molecule has 118 valence electrons. The topological polar surface area (TPSA) is 67.3 Å². The van der Waals surface area contributed by atoms with Crippen LogP contribution in [0.2, 0.25) is 0 Å². The highest BCUT2D eigenvalue weighted by Crippen LogP contribution is 2.40. The standard InChI is InChI=1S/C16H27N3O2/c1-12(2)21-13-5-10-17-14(19-13)18-11-16(20)8-6-15(3,4)7-9-16/h5,10,12,20H,6-9,11H2,1-4H3,(H,17,18,19). The summed E-state index contributed by atoms with van der Waals surface area (Å²) in [5.41, 5.74) is -0.318. The van der Waals surface area contributed by atoms with Crippen LogP contribution in [0.15, 0.2) is 12.3 Å². The molecule has 0 unspecified atom stereocenters. The van der Waals surface area contributed by atoms with Crippen LogP contribution in [0.4, 0.5) is 5.95 Å². The number of ether oxygens (including phenoxy) is 1. The van der Waals surface area contributed by atoms with Crippen molar-refractivity contribution >= 4 is 5.95 Å². The number of aliphatic hydroxyl groups is 1. The minimum Gasteiger partial charge on any atom is -0.475 e. The molecule has 1 heterocycles. The summed E-state index contributed by atoms with van der Waals surface area (Å²) in [5, 5.41) is 13.8. The number of aromatic nitrogens is 2. The minimum atomic E-state index is -0.659. The molecule has 0 saturated heterocycles. The van der Waals surface area contributed by atoms with E-state index in [0.717, 1.165) is 25.7 Å². The quantitative estimate of drug-likeness (QED) is 0.873. The van der Waals surface area contributed by atoms with Crippen LogP contribution < -0.4 is 10.1 Å². The van der Waals surface area contributed by atoms with Crippen LogP contribution in [-0.2, 0) is 0 Å². The van der Waals surface area contributed by atoms with Gasteiger partial charge in [-0.3, -0.25) is 0 Å². The Kier molecular flexibility index (Phi) is 4.71. The highest BCUT2D eigenvalue weighted by atomic mass is 16.5. The molecule has 1 saturated carbocycles. The van der Waals surface area contributed by atoms with Gasteiger partial charge in [-0.2, -0.15) is 4.98 Å². The van der Waals surface area contributed by atoms with Crippen molar-refractivity contribution in [1.82, 2.24) is 9.97 Å². The lowest BCUT2D eigenvalue weighted by Crippen LogP contribution is -2.42. The first-order valence-electron chi connectivity index (χ1n) is 7.74. The summed E-state index contributed by atoms with van der Waals surface area (Å²) in [4.78, 5) is 8.48. The zero-order chi connectivity index (χ0) is 15.5. The van der Waals surface area contributed by atoms with E-state index in [4.69, 9.17) is 4.74 Å². The van der Waals surface area contributed by atoms with Crippen LogP contribution in [0.5, 0.6) is 5.88 Å². The van der Waals surface area contributed by atoms with E-state index in [0.29, 0.717) is 23.8 Å². The maximum Gasteiger partial charge on any atom is 0.226 e. The zero-order valence-corrected chi connectivity index (χ0v) is 13.5. The van der Waals surface area contributed by atoms with Crippen LogP contribution in [0.25, 0.3) is 0 Å². The van der Waals surface area contributed by atoms with Crippen molar-refractivity contribution in [2.75, 3.05) is 11.9 Å². The van der Waals surface area contributed by atoms with Crippen LogP contribution in [0.3, 0.4) is 0 Å². The molecule has 0 aliphatic heterocycles. The molecule has 0 radical (unpaired) electrons. The SMILES string of the molecule is CC(C)Oc1ccnc(NCC2(O)CCC(C)(C)CC2)n1. The molecular formula is C16H27N3O2. The average Bonchev–Trinajstić information content (AvgIpc) is 2.41. The van der Waals surface area contributed by atoms with Crippen molar-refractivity contribution < 1.29 is 9.84 Å². The van der Waals surface area contributed by atoms with Crippen LogP contribution in [-0.4, -0.2) is 33.3 Å². The molecule has 0 aromatic carbocycles. The van der Waals surface area contributed by atoms with E-state index in [9.17, 15) is 5.11 Å². The molecule has 2 rings (SSSR count). The summed E-state index contributed by atoms with van der Waals surface area (Å²) in [6.45, 7) is 8.92. The molecule has 0 spiro atoms. The van der Waals surface area contributed by atoms with E-state index in [1.54, 1.807) is 12.3 Å². The molecule has 5 heteroatoms. The lowest BCUT2D eigenvalue weighted by Gasteiger charge is -2.40. The number of nitrogens with zero attached hydrogens (tertiary/aromatic N) is 2. The molecule has 2 N–H and O–H groups in total. The van der Waals surface area contributed by atoms with Gasteiger partial charge in [0.05, 0.1) is 11.7 Å². The molecule has 1 aliphatic rings. The third kappa shape index (κ3) is 4.84. The Hall–Kier alpha value is -1.36. The zero-order valence-electron chi connectivity index (χ0n) is 13.5. The molecule has 0 atom stereocenters. The summed E-state index contributed by atoms with van der Waals surface area (Å²) in [5.74, 6) is 1.06. The van der Waals surface area contributed by atoms with Gasteiger partial charge < -0.3 is 15.2 Å². The third-order valence-electron chi connectivity index (χ3n) is 4.10. The normalized spacial score (nSPS) is 20.3. The van der Waals surface area contributed by atoms with Gasteiger partial charge in [0.2, 0.25) is 11.8 Å². The Labute approximate surface area is 127 Å². The van der Waals surface area contributed by atoms with E-state index < -0.39 is 5.60 Å². The molecule has 1 aromatic rings. The fourth-order valence-electron chi connectivity index (χ4n) is 2.55. The van der Waals surface area contributed by atoms with Crippen molar-refractivity contribution in [3.05, 3.63) is 12.3 Å². The number of rotatable bonds is 5. The fraction of sp³-hybridized carbons (Fsp3) is 0.750. The Morgan fingerprint density at radius 1 is 1.29 bits per heavy atom. The second-order valence-corrected chi connectivity index (χ2v) is 7.13. The van der Waals surface area contributed by atoms with Crippen LogP contribution in [0.1, 0.15) is 53.4 Å². The first-order chi connectivity index (χ1) is 9.78. The maximum absolute atomic E-state index is 10.6. The minimum absolute atomic E-state index is 0.0810. The van der Waals surface area contributed by atoms with E-state index in [2.05, 4.69) is 29.1 Å². The maximum atomic E-state index is 10.6. The highest BCUT2D eigenvalue weighted by Gasteiger charge is 2.36. The van der Waals surface area contributed by atoms with E-state index in [1.165, 1.54) is 0 Å². The third-order valence-corrected chi connectivity index (χ3v) is 4.10. The van der Waals surface area contributed by atoms with Crippen molar-refractivity contribution in [3.8, 4) is 5.88 Å².